The van der Waals surface area contributed by atoms with E-state index in [-0.39, 0.29) is 28.7 Å². The molecule has 0 saturated carbocycles. The number of aryl methyl sites for hydroxylation is 1. The maximum Gasteiger partial charge on any atom is 0.265 e. The van der Waals surface area contributed by atoms with Crippen molar-refractivity contribution in [3.8, 4) is 5.75 Å². The normalized spacial score (nSPS) is 11.1. The molecular weight excluding hydrogens is 436 g/mol. The summed E-state index contributed by atoms with van der Waals surface area (Å²) in [5.74, 6) is -0.195. The number of nitrogens with zero attached hydrogens (tertiary/aromatic N) is 1. The molecule has 3 rings (SSSR count). The van der Waals surface area contributed by atoms with Gasteiger partial charge >= 0.3 is 0 Å². The Labute approximate surface area is 187 Å². The molecule has 0 aliphatic heterocycles. The summed E-state index contributed by atoms with van der Waals surface area (Å²) in [6.45, 7) is 2.20. The topological polar surface area (TPSA) is 75.7 Å². The third-order valence-corrected chi connectivity index (χ3v) is 6.49. The third kappa shape index (κ3) is 5.37. The van der Waals surface area contributed by atoms with Gasteiger partial charge in [-0.15, -0.1) is 0 Å². The Morgan fingerprint density at radius 3 is 2.39 bits per heavy atom. The molecule has 0 spiro atoms. The lowest BCUT2D eigenvalue weighted by Gasteiger charge is -2.19. The van der Waals surface area contributed by atoms with Gasteiger partial charge in [-0.3, -0.25) is 9.52 Å². The van der Waals surface area contributed by atoms with Crippen LogP contribution in [-0.2, 0) is 16.6 Å². The number of hydrogen-bond donors (Lipinski definition) is 1. The highest BCUT2D eigenvalue weighted by Crippen LogP contribution is 2.28. The van der Waals surface area contributed by atoms with E-state index >= 15 is 0 Å². The van der Waals surface area contributed by atoms with Crippen molar-refractivity contribution >= 4 is 33.2 Å². The molecule has 0 bridgehead atoms. The molecule has 0 aromatic heterocycles. The standard InChI is InChI=1S/C23H23ClN2O4S/c1-16-8-11-19(12-9-16)25-31(28,29)22-14-17(10-13-21(22)30-3)23(27)26(2)15-18-6-4-5-7-20(18)24/h4-14,25H,15H2,1-3H3. The highest BCUT2D eigenvalue weighted by atomic mass is 35.5. The van der Waals surface area contributed by atoms with Crippen LogP contribution in [0.1, 0.15) is 21.5 Å². The van der Waals surface area contributed by atoms with Crippen LogP contribution in [0.4, 0.5) is 5.69 Å². The monoisotopic (exact) mass is 458 g/mol. The number of nitrogens with one attached hydrogen (secondary N) is 1. The minimum atomic E-state index is -3.98. The molecule has 0 fully saturated rings. The van der Waals surface area contributed by atoms with Crippen molar-refractivity contribution in [1.29, 1.82) is 0 Å². The van der Waals surface area contributed by atoms with Crippen molar-refractivity contribution in [3.63, 3.8) is 0 Å². The van der Waals surface area contributed by atoms with E-state index in [0.29, 0.717) is 10.7 Å². The first-order valence-electron chi connectivity index (χ1n) is 9.47. The first-order valence-corrected chi connectivity index (χ1v) is 11.3. The predicted octanol–water partition coefficient (Wildman–Crippen LogP) is 4.73. The molecule has 162 valence electrons. The van der Waals surface area contributed by atoms with Crippen LogP contribution in [0.5, 0.6) is 5.75 Å². The quantitative estimate of drug-likeness (QED) is 0.555. The maximum absolute atomic E-state index is 13.0. The number of methoxy groups -OCH3 is 1. The van der Waals surface area contributed by atoms with E-state index in [0.717, 1.165) is 11.1 Å². The first-order chi connectivity index (χ1) is 14.7. The van der Waals surface area contributed by atoms with Gasteiger partial charge in [0.05, 0.1) is 7.11 Å². The highest BCUT2D eigenvalue weighted by molar-refractivity contribution is 7.92. The summed E-state index contributed by atoms with van der Waals surface area (Å²) in [5.41, 5.74) is 2.44. The van der Waals surface area contributed by atoms with Gasteiger partial charge in [0, 0.05) is 29.9 Å². The smallest absolute Gasteiger partial charge is 0.265 e. The van der Waals surface area contributed by atoms with Crippen LogP contribution in [0.3, 0.4) is 0 Å². The van der Waals surface area contributed by atoms with E-state index in [9.17, 15) is 13.2 Å². The average molecular weight is 459 g/mol. The van der Waals surface area contributed by atoms with Gasteiger partial charge in [-0.2, -0.15) is 0 Å². The number of benzene rings is 3. The van der Waals surface area contributed by atoms with Gasteiger partial charge in [-0.25, -0.2) is 8.42 Å². The number of carbonyl (C=O) groups is 1. The number of hydrogen-bond acceptors (Lipinski definition) is 4. The third-order valence-electron chi connectivity index (χ3n) is 4.72. The number of ether oxygens (including phenoxy) is 1. The molecule has 6 nitrogen and oxygen atoms in total. The zero-order valence-corrected chi connectivity index (χ0v) is 19.0. The number of halogens is 1. The van der Waals surface area contributed by atoms with Gasteiger partial charge in [-0.05, 0) is 48.9 Å². The van der Waals surface area contributed by atoms with Gasteiger partial charge < -0.3 is 9.64 Å². The molecule has 0 atom stereocenters. The fourth-order valence-corrected chi connectivity index (χ4v) is 4.48. The number of carbonyl (C=O) groups excluding carboxylic acids is 1. The van der Waals surface area contributed by atoms with Crippen LogP contribution in [0, 0.1) is 6.92 Å². The molecule has 1 amide bonds. The molecule has 0 aliphatic rings. The molecule has 8 heteroatoms. The summed E-state index contributed by atoms with van der Waals surface area (Å²) in [7, 11) is -0.969. The summed E-state index contributed by atoms with van der Waals surface area (Å²) in [5, 5.41) is 0.558. The van der Waals surface area contributed by atoms with E-state index in [2.05, 4.69) is 4.72 Å². The van der Waals surface area contributed by atoms with Crippen molar-refractivity contribution in [2.75, 3.05) is 18.9 Å². The maximum atomic E-state index is 13.0. The Bertz CT molecular complexity index is 1190. The van der Waals surface area contributed by atoms with Gasteiger partial charge in [0.25, 0.3) is 15.9 Å². The molecule has 3 aromatic carbocycles. The molecule has 1 N–H and O–H groups in total. The Morgan fingerprint density at radius 1 is 1.06 bits per heavy atom. The zero-order chi connectivity index (χ0) is 22.6. The Kier molecular flexibility index (Phi) is 6.87. The van der Waals surface area contributed by atoms with Gasteiger partial charge in [-0.1, -0.05) is 47.5 Å². The molecule has 0 radical (unpaired) electrons. The Balaban J connectivity index is 1.89. The van der Waals surface area contributed by atoms with Crippen LogP contribution in [0.15, 0.2) is 71.6 Å². The zero-order valence-electron chi connectivity index (χ0n) is 17.4. The first kappa shape index (κ1) is 22.7. The average Bonchev–Trinajstić information content (AvgIpc) is 2.75. The van der Waals surface area contributed by atoms with E-state index in [1.165, 1.54) is 30.2 Å². The number of sulfonamides is 1. The van der Waals surface area contributed by atoms with Gasteiger partial charge in [0.2, 0.25) is 0 Å². The summed E-state index contributed by atoms with van der Waals surface area (Å²) in [6, 6.07) is 18.5. The van der Waals surface area contributed by atoms with E-state index in [1.807, 2.05) is 25.1 Å². The van der Waals surface area contributed by atoms with E-state index < -0.39 is 10.0 Å². The minimum Gasteiger partial charge on any atom is -0.495 e. The number of anilines is 1. The van der Waals surface area contributed by atoms with Crippen molar-refractivity contribution < 1.29 is 17.9 Å². The van der Waals surface area contributed by atoms with Crippen LogP contribution < -0.4 is 9.46 Å². The molecular formula is C23H23ClN2O4S. The van der Waals surface area contributed by atoms with Gasteiger partial charge in [0.15, 0.2) is 0 Å². The van der Waals surface area contributed by atoms with Crippen molar-refractivity contribution in [1.82, 2.24) is 4.90 Å². The summed E-state index contributed by atoms with van der Waals surface area (Å²) in [6.07, 6.45) is 0. The van der Waals surface area contributed by atoms with Crippen LogP contribution >= 0.6 is 11.6 Å². The minimum absolute atomic E-state index is 0.118. The summed E-state index contributed by atoms with van der Waals surface area (Å²) >= 11 is 6.19. The van der Waals surface area contributed by atoms with Crippen molar-refractivity contribution in [2.24, 2.45) is 0 Å². The fraction of sp³-hybridized carbons (Fsp3) is 0.174. The highest BCUT2D eigenvalue weighted by Gasteiger charge is 2.23. The van der Waals surface area contributed by atoms with Crippen LogP contribution in [0.2, 0.25) is 5.02 Å². The molecule has 0 unspecified atom stereocenters. The number of amides is 1. The Hall–Kier alpha value is -3.03. The van der Waals surface area contributed by atoms with Crippen molar-refractivity contribution in [3.05, 3.63) is 88.4 Å². The fourth-order valence-electron chi connectivity index (χ4n) is 3.03. The largest absolute Gasteiger partial charge is 0.495 e. The number of rotatable bonds is 7. The van der Waals surface area contributed by atoms with Crippen LogP contribution in [-0.4, -0.2) is 33.4 Å². The summed E-state index contributed by atoms with van der Waals surface area (Å²) < 4.78 is 33.8. The molecule has 0 saturated heterocycles. The second-order valence-electron chi connectivity index (χ2n) is 7.09. The molecule has 0 aliphatic carbocycles. The van der Waals surface area contributed by atoms with E-state index in [4.69, 9.17) is 16.3 Å². The molecule has 31 heavy (non-hydrogen) atoms. The lowest BCUT2D eigenvalue weighted by molar-refractivity contribution is 0.0785. The second kappa shape index (κ2) is 9.41. The predicted molar refractivity (Wildman–Crippen MR) is 122 cm³/mol. The van der Waals surface area contributed by atoms with Crippen molar-refractivity contribution in [2.45, 2.75) is 18.4 Å². The van der Waals surface area contributed by atoms with Crippen LogP contribution in [0.25, 0.3) is 0 Å². The lowest BCUT2D eigenvalue weighted by Crippen LogP contribution is -2.26. The van der Waals surface area contributed by atoms with Gasteiger partial charge in [0.1, 0.15) is 10.6 Å². The lowest BCUT2D eigenvalue weighted by atomic mass is 10.1. The molecule has 3 aromatic rings. The second-order valence-corrected chi connectivity index (χ2v) is 9.15. The molecule has 0 heterocycles. The van der Waals surface area contributed by atoms with E-state index in [1.54, 1.807) is 37.4 Å². The SMILES string of the molecule is COc1ccc(C(=O)N(C)Cc2ccccc2Cl)cc1S(=O)(=O)Nc1ccc(C)cc1. The Morgan fingerprint density at radius 2 is 1.74 bits per heavy atom. The summed E-state index contributed by atoms with van der Waals surface area (Å²) in [4.78, 5) is 14.3.